The molecule has 4 heteroatoms. The maximum absolute atomic E-state index is 13.2. The van der Waals surface area contributed by atoms with E-state index in [0.717, 1.165) is 12.8 Å². The molecule has 1 aromatic rings. The van der Waals surface area contributed by atoms with Crippen molar-refractivity contribution in [3.63, 3.8) is 0 Å². The van der Waals surface area contributed by atoms with Gasteiger partial charge in [-0.2, -0.15) is 0 Å². The summed E-state index contributed by atoms with van der Waals surface area (Å²) in [5.41, 5.74) is 0.340. The van der Waals surface area contributed by atoms with Gasteiger partial charge < -0.3 is 5.32 Å². The van der Waals surface area contributed by atoms with Crippen molar-refractivity contribution >= 4 is 21.8 Å². The molecule has 1 N–H and O–H groups in total. The zero-order valence-electron chi connectivity index (χ0n) is 9.39. The van der Waals surface area contributed by atoms with Crippen LogP contribution in [0, 0.1) is 5.82 Å². The maximum Gasteiger partial charge on any atom is 0.252 e. The van der Waals surface area contributed by atoms with E-state index in [-0.39, 0.29) is 16.4 Å². The van der Waals surface area contributed by atoms with Crippen LogP contribution in [0.2, 0.25) is 0 Å². The summed E-state index contributed by atoms with van der Waals surface area (Å²) in [6.07, 6.45) is 1.74. The number of halogens is 2. The van der Waals surface area contributed by atoms with Crippen molar-refractivity contribution in [2.75, 3.05) is 0 Å². The zero-order chi connectivity index (χ0) is 12.1. The molecule has 1 amide bonds. The lowest BCUT2D eigenvalue weighted by Crippen LogP contribution is -2.34. The minimum absolute atomic E-state index is 0.141. The Morgan fingerprint density at radius 2 is 2.06 bits per heavy atom. The number of benzene rings is 1. The van der Waals surface area contributed by atoms with E-state index in [2.05, 4.69) is 21.2 Å². The Morgan fingerprint density at radius 1 is 1.44 bits per heavy atom. The lowest BCUT2D eigenvalue weighted by Gasteiger charge is -2.15. The molecule has 0 saturated heterocycles. The van der Waals surface area contributed by atoms with Gasteiger partial charge in [0.25, 0.3) is 5.91 Å². The Hall–Kier alpha value is -0.900. The summed E-state index contributed by atoms with van der Waals surface area (Å²) in [7, 11) is 0. The van der Waals surface area contributed by atoms with Gasteiger partial charge in [-0.15, -0.1) is 0 Å². The quantitative estimate of drug-likeness (QED) is 0.902. The first kappa shape index (κ1) is 13.2. The van der Waals surface area contributed by atoms with Crippen molar-refractivity contribution in [2.24, 2.45) is 0 Å². The summed E-state index contributed by atoms with van der Waals surface area (Å²) in [6, 6.07) is 4.59. The molecule has 0 aliphatic rings. The summed E-state index contributed by atoms with van der Waals surface area (Å²) >= 11 is 3.08. The van der Waals surface area contributed by atoms with Gasteiger partial charge in [-0.3, -0.25) is 4.79 Å². The minimum Gasteiger partial charge on any atom is -0.349 e. The molecule has 88 valence electrons. The third-order valence-corrected chi connectivity index (χ3v) is 3.32. The van der Waals surface area contributed by atoms with E-state index in [1.807, 2.05) is 13.8 Å². The Morgan fingerprint density at radius 3 is 2.62 bits per heavy atom. The number of amides is 1. The highest BCUT2D eigenvalue weighted by Gasteiger charge is 2.15. The summed E-state index contributed by atoms with van der Waals surface area (Å²) in [5.74, 6) is -0.655. The van der Waals surface area contributed by atoms with E-state index in [4.69, 9.17) is 0 Å². The fourth-order valence-electron chi connectivity index (χ4n) is 1.44. The van der Waals surface area contributed by atoms with Gasteiger partial charge in [0, 0.05) is 6.04 Å². The number of hydrogen-bond acceptors (Lipinski definition) is 1. The van der Waals surface area contributed by atoms with E-state index < -0.39 is 5.82 Å². The molecule has 0 aromatic heterocycles. The molecule has 0 aliphatic heterocycles. The monoisotopic (exact) mass is 287 g/mol. The lowest BCUT2D eigenvalue weighted by atomic mass is 10.1. The molecule has 16 heavy (non-hydrogen) atoms. The van der Waals surface area contributed by atoms with Crippen LogP contribution in [0.25, 0.3) is 0 Å². The second-order valence-corrected chi connectivity index (χ2v) is 4.38. The molecular weight excluding hydrogens is 273 g/mol. The fourth-order valence-corrected chi connectivity index (χ4v) is 1.88. The Kier molecular flexibility index (Phi) is 4.93. The molecule has 1 rings (SSSR count). The SMILES string of the molecule is CCC(CC)NC(=O)c1cccc(F)c1Br. The van der Waals surface area contributed by atoms with Crippen molar-refractivity contribution in [1.82, 2.24) is 5.32 Å². The van der Waals surface area contributed by atoms with Crippen LogP contribution < -0.4 is 5.32 Å². The normalized spacial score (nSPS) is 10.6. The lowest BCUT2D eigenvalue weighted by molar-refractivity contribution is 0.0933. The smallest absolute Gasteiger partial charge is 0.252 e. The maximum atomic E-state index is 13.2. The van der Waals surface area contributed by atoms with Crippen LogP contribution in [-0.4, -0.2) is 11.9 Å². The average Bonchev–Trinajstić information content (AvgIpc) is 2.29. The minimum atomic E-state index is -0.419. The summed E-state index contributed by atoms with van der Waals surface area (Å²) in [5, 5.41) is 2.87. The fraction of sp³-hybridized carbons (Fsp3) is 0.417. The molecule has 0 unspecified atom stereocenters. The topological polar surface area (TPSA) is 29.1 Å². The first-order chi connectivity index (χ1) is 7.60. The molecule has 0 heterocycles. The van der Waals surface area contributed by atoms with E-state index in [1.54, 1.807) is 6.07 Å². The summed E-state index contributed by atoms with van der Waals surface area (Å²) in [6.45, 7) is 4.02. The van der Waals surface area contributed by atoms with Crippen LogP contribution in [0.4, 0.5) is 4.39 Å². The summed E-state index contributed by atoms with van der Waals surface area (Å²) < 4.78 is 13.4. The Bertz CT molecular complexity index is 377. The van der Waals surface area contributed by atoms with Gasteiger partial charge >= 0.3 is 0 Å². The number of rotatable bonds is 4. The highest BCUT2D eigenvalue weighted by molar-refractivity contribution is 9.10. The third kappa shape index (κ3) is 3.04. The van der Waals surface area contributed by atoms with Gasteiger partial charge in [-0.1, -0.05) is 19.9 Å². The predicted octanol–water partition coefficient (Wildman–Crippen LogP) is 3.51. The standard InChI is InChI=1S/C12H15BrFNO/c1-3-8(4-2)15-12(16)9-6-5-7-10(14)11(9)13/h5-8H,3-4H2,1-2H3,(H,15,16). The van der Waals surface area contributed by atoms with E-state index >= 15 is 0 Å². The second kappa shape index (κ2) is 5.99. The zero-order valence-corrected chi connectivity index (χ0v) is 11.0. The van der Waals surface area contributed by atoms with Gasteiger partial charge in [0.05, 0.1) is 10.0 Å². The number of carbonyl (C=O) groups is 1. The van der Waals surface area contributed by atoms with E-state index in [9.17, 15) is 9.18 Å². The molecule has 0 fully saturated rings. The predicted molar refractivity (Wildman–Crippen MR) is 65.9 cm³/mol. The van der Waals surface area contributed by atoms with Crippen molar-refractivity contribution in [1.29, 1.82) is 0 Å². The van der Waals surface area contributed by atoms with Crippen LogP contribution >= 0.6 is 15.9 Å². The number of nitrogens with one attached hydrogen (secondary N) is 1. The number of hydrogen-bond donors (Lipinski definition) is 1. The van der Waals surface area contributed by atoms with E-state index in [1.165, 1.54) is 12.1 Å². The van der Waals surface area contributed by atoms with Crippen molar-refractivity contribution in [2.45, 2.75) is 32.7 Å². The third-order valence-electron chi connectivity index (χ3n) is 2.52. The van der Waals surface area contributed by atoms with Crippen LogP contribution in [0.15, 0.2) is 22.7 Å². The highest BCUT2D eigenvalue weighted by atomic mass is 79.9. The van der Waals surface area contributed by atoms with Gasteiger partial charge in [-0.05, 0) is 40.9 Å². The molecule has 0 aliphatic carbocycles. The molecule has 0 radical (unpaired) electrons. The average molecular weight is 288 g/mol. The molecule has 0 atom stereocenters. The Balaban J connectivity index is 2.84. The van der Waals surface area contributed by atoms with Crippen molar-refractivity contribution in [3.8, 4) is 0 Å². The first-order valence-corrected chi connectivity index (χ1v) is 6.14. The largest absolute Gasteiger partial charge is 0.349 e. The van der Waals surface area contributed by atoms with Crippen molar-refractivity contribution < 1.29 is 9.18 Å². The van der Waals surface area contributed by atoms with Gasteiger partial charge in [0.15, 0.2) is 0 Å². The highest BCUT2D eigenvalue weighted by Crippen LogP contribution is 2.20. The molecule has 0 spiro atoms. The summed E-state index contributed by atoms with van der Waals surface area (Å²) in [4.78, 5) is 11.8. The molecule has 0 saturated carbocycles. The Labute approximate surface area is 103 Å². The van der Waals surface area contributed by atoms with Crippen LogP contribution in [0.5, 0.6) is 0 Å². The molecule has 0 bridgehead atoms. The van der Waals surface area contributed by atoms with Crippen LogP contribution in [-0.2, 0) is 0 Å². The van der Waals surface area contributed by atoms with Crippen molar-refractivity contribution in [3.05, 3.63) is 34.1 Å². The van der Waals surface area contributed by atoms with Gasteiger partial charge in [0.1, 0.15) is 5.82 Å². The van der Waals surface area contributed by atoms with Crippen LogP contribution in [0.3, 0.4) is 0 Å². The molecule has 1 aromatic carbocycles. The first-order valence-electron chi connectivity index (χ1n) is 5.35. The molecule has 2 nitrogen and oxygen atoms in total. The van der Waals surface area contributed by atoms with Gasteiger partial charge in [0.2, 0.25) is 0 Å². The van der Waals surface area contributed by atoms with Gasteiger partial charge in [-0.25, -0.2) is 4.39 Å². The molecular formula is C12H15BrFNO. The second-order valence-electron chi connectivity index (χ2n) is 3.59. The van der Waals surface area contributed by atoms with Crippen LogP contribution in [0.1, 0.15) is 37.0 Å². The van der Waals surface area contributed by atoms with E-state index in [0.29, 0.717) is 5.56 Å². The number of carbonyl (C=O) groups excluding carboxylic acids is 1.